The molecule has 0 aliphatic carbocycles. The maximum atomic E-state index is 11.4. The first kappa shape index (κ1) is 12.7. The van der Waals surface area contributed by atoms with Crippen molar-refractivity contribution in [2.75, 3.05) is 32.2 Å². The highest BCUT2D eigenvalue weighted by Crippen LogP contribution is 2.06. The van der Waals surface area contributed by atoms with Crippen LogP contribution in [0.1, 0.15) is 19.2 Å². The molecule has 0 aromatic carbocycles. The number of anilines is 1. The standard InChI is InChI=1S/C11H19N3O2/c1-4-9-12-10(8-11(15)13-9)14(2)6-5-7-16-3/h8H,4-7H2,1-3H3,(H,12,13,15). The first-order valence-corrected chi connectivity index (χ1v) is 5.47. The zero-order chi connectivity index (χ0) is 12.0. The van der Waals surface area contributed by atoms with Gasteiger partial charge in [0.1, 0.15) is 11.6 Å². The molecular formula is C11H19N3O2. The fourth-order valence-electron chi connectivity index (χ4n) is 1.42. The van der Waals surface area contributed by atoms with E-state index in [2.05, 4.69) is 9.97 Å². The third-order valence-corrected chi connectivity index (χ3v) is 2.35. The fourth-order valence-corrected chi connectivity index (χ4v) is 1.42. The molecule has 0 radical (unpaired) electrons. The molecule has 0 saturated carbocycles. The second-order valence-electron chi connectivity index (χ2n) is 3.67. The van der Waals surface area contributed by atoms with Gasteiger partial charge in [-0.25, -0.2) is 4.98 Å². The van der Waals surface area contributed by atoms with Gasteiger partial charge in [0.25, 0.3) is 5.56 Å². The van der Waals surface area contributed by atoms with Crippen LogP contribution in [0.2, 0.25) is 0 Å². The predicted octanol–water partition coefficient (Wildman–Crippen LogP) is 0.805. The average molecular weight is 225 g/mol. The Kier molecular flexibility index (Phi) is 4.98. The van der Waals surface area contributed by atoms with E-state index >= 15 is 0 Å². The topological polar surface area (TPSA) is 58.2 Å². The van der Waals surface area contributed by atoms with Crippen molar-refractivity contribution < 1.29 is 4.74 Å². The summed E-state index contributed by atoms with van der Waals surface area (Å²) in [6.45, 7) is 3.51. The van der Waals surface area contributed by atoms with E-state index in [4.69, 9.17) is 4.74 Å². The number of rotatable bonds is 6. The lowest BCUT2D eigenvalue weighted by Crippen LogP contribution is -2.24. The number of nitrogens with one attached hydrogen (secondary N) is 1. The van der Waals surface area contributed by atoms with Gasteiger partial charge in [-0.2, -0.15) is 0 Å². The summed E-state index contributed by atoms with van der Waals surface area (Å²) in [6, 6.07) is 1.52. The Bertz CT molecular complexity index is 376. The van der Waals surface area contributed by atoms with Crippen molar-refractivity contribution in [2.45, 2.75) is 19.8 Å². The minimum atomic E-state index is -0.0968. The lowest BCUT2D eigenvalue weighted by atomic mass is 10.4. The molecule has 0 atom stereocenters. The van der Waals surface area contributed by atoms with Crippen LogP contribution in [-0.2, 0) is 11.2 Å². The van der Waals surface area contributed by atoms with E-state index < -0.39 is 0 Å². The second-order valence-corrected chi connectivity index (χ2v) is 3.67. The van der Waals surface area contributed by atoms with E-state index in [1.165, 1.54) is 6.07 Å². The van der Waals surface area contributed by atoms with Crippen molar-refractivity contribution in [2.24, 2.45) is 0 Å². The van der Waals surface area contributed by atoms with E-state index in [1.54, 1.807) is 7.11 Å². The molecule has 5 nitrogen and oxygen atoms in total. The van der Waals surface area contributed by atoms with E-state index in [1.807, 2.05) is 18.9 Å². The molecule has 0 aliphatic rings. The van der Waals surface area contributed by atoms with E-state index in [0.717, 1.165) is 31.0 Å². The highest BCUT2D eigenvalue weighted by Gasteiger charge is 2.04. The lowest BCUT2D eigenvalue weighted by molar-refractivity contribution is 0.196. The quantitative estimate of drug-likeness (QED) is 0.728. The molecule has 1 N–H and O–H groups in total. The van der Waals surface area contributed by atoms with Gasteiger partial charge < -0.3 is 14.6 Å². The molecular weight excluding hydrogens is 206 g/mol. The first-order valence-electron chi connectivity index (χ1n) is 5.47. The largest absolute Gasteiger partial charge is 0.385 e. The maximum Gasteiger partial charge on any atom is 0.252 e. The predicted molar refractivity (Wildman–Crippen MR) is 64.0 cm³/mol. The Labute approximate surface area is 95.5 Å². The van der Waals surface area contributed by atoms with Gasteiger partial charge in [0.05, 0.1) is 0 Å². The Morgan fingerprint density at radius 3 is 2.94 bits per heavy atom. The monoisotopic (exact) mass is 225 g/mol. The number of methoxy groups -OCH3 is 1. The maximum absolute atomic E-state index is 11.4. The smallest absolute Gasteiger partial charge is 0.252 e. The Balaban J connectivity index is 2.70. The summed E-state index contributed by atoms with van der Waals surface area (Å²) in [5.41, 5.74) is -0.0968. The van der Waals surface area contributed by atoms with Crippen LogP contribution in [0.3, 0.4) is 0 Å². The minimum Gasteiger partial charge on any atom is -0.385 e. The number of aromatic nitrogens is 2. The van der Waals surface area contributed by atoms with Gasteiger partial charge in [0.2, 0.25) is 0 Å². The highest BCUT2D eigenvalue weighted by molar-refractivity contribution is 5.35. The molecule has 5 heteroatoms. The summed E-state index contributed by atoms with van der Waals surface area (Å²) in [4.78, 5) is 20.4. The Morgan fingerprint density at radius 1 is 1.56 bits per heavy atom. The molecule has 0 aliphatic heterocycles. The van der Waals surface area contributed by atoms with E-state index in [9.17, 15) is 4.79 Å². The zero-order valence-corrected chi connectivity index (χ0v) is 10.1. The van der Waals surface area contributed by atoms with Crippen LogP contribution in [0.4, 0.5) is 5.82 Å². The molecule has 0 amide bonds. The summed E-state index contributed by atoms with van der Waals surface area (Å²) in [5, 5.41) is 0. The summed E-state index contributed by atoms with van der Waals surface area (Å²) < 4.78 is 4.98. The average Bonchev–Trinajstić information content (AvgIpc) is 2.28. The summed E-state index contributed by atoms with van der Waals surface area (Å²) in [7, 11) is 3.61. The van der Waals surface area contributed by atoms with Crippen LogP contribution in [0.15, 0.2) is 10.9 Å². The van der Waals surface area contributed by atoms with Gasteiger partial charge in [-0.15, -0.1) is 0 Å². The van der Waals surface area contributed by atoms with Gasteiger partial charge in [-0.3, -0.25) is 4.79 Å². The van der Waals surface area contributed by atoms with Crippen molar-refractivity contribution in [1.82, 2.24) is 9.97 Å². The van der Waals surface area contributed by atoms with Gasteiger partial charge in [0.15, 0.2) is 0 Å². The van der Waals surface area contributed by atoms with Gasteiger partial charge in [0, 0.05) is 39.8 Å². The van der Waals surface area contributed by atoms with Crippen LogP contribution >= 0.6 is 0 Å². The Morgan fingerprint density at radius 2 is 2.31 bits per heavy atom. The lowest BCUT2D eigenvalue weighted by Gasteiger charge is -2.17. The molecule has 1 aromatic heterocycles. The molecule has 16 heavy (non-hydrogen) atoms. The number of hydrogen-bond acceptors (Lipinski definition) is 4. The number of aromatic amines is 1. The van der Waals surface area contributed by atoms with Crippen LogP contribution in [-0.4, -0.2) is 37.3 Å². The third-order valence-electron chi connectivity index (χ3n) is 2.35. The van der Waals surface area contributed by atoms with Gasteiger partial charge in [-0.1, -0.05) is 6.92 Å². The molecule has 90 valence electrons. The van der Waals surface area contributed by atoms with Crippen molar-refractivity contribution in [1.29, 1.82) is 0 Å². The molecule has 1 heterocycles. The number of nitrogens with zero attached hydrogens (tertiary/aromatic N) is 2. The molecule has 0 unspecified atom stereocenters. The molecule has 0 fully saturated rings. The third kappa shape index (κ3) is 3.66. The number of ether oxygens (including phenoxy) is 1. The minimum absolute atomic E-state index is 0.0968. The van der Waals surface area contributed by atoms with Crippen molar-refractivity contribution >= 4 is 5.82 Å². The van der Waals surface area contributed by atoms with Gasteiger partial charge in [-0.05, 0) is 6.42 Å². The first-order chi connectivity index (χ1) is 7.67. The Hall–Kier alpha value is -1.36. The van der Waals surface area contributed by atoms with Crippen LogP contribution < -0.4 is 10.5 Å². The summed E-state index contributed by atoms with van der Waals surface area (Å²) in [5.74, 6) is 1.44. The van der Waals surface area contributed by atoms with Crippen LogP contribution in [0, 0.1) is 0 Å². The molecule has 1 rings (SSSR count). The van der Waals surface area contributed by atoms with Crippen molar-refractivity contribution in [3.63, 3.8) is 0 Å². The zero-order valence-electron chi connectivity index (χ0n) is 10.1. The molecule has 0 spiro atoms. The second kappa shape index (κ2) is 6.27. The highest BCUT2D eigenvalue weighted by atomic mass is 16.5. The normalized spacial score (nSPS) is 10.4. The summed E-state index contributed by atoms with van der Waals surface area (Å²) >= 11 is 0. The number of hydrogen-bond donors (Lipinski definition) is 1. The van der Waals surface area contributed by atoms with Crippen molar-refractivity contribution in [3.05, 3.63) is 22.2 Å². The SMILES string of the molecule is CCc1nc(N(C)CCCOC)cc(=O)[nH]1. The van der Waals surface area contributed by atoms with E-state index in [0.29, 0.717) is 6.61 Å². The number of aryl methyl sites for hydroxylation is 1. The molecule has 0 saturated heterocycles. The van der Waals surface area contributed by atoms with Crippen molar-refractivity contribution in [3.8, 4) is 0 Å². The number of H-pyrrole nitrogens is 1. The van der Waals surface area contributed by atoms with E-state index in [-0.39, 0.29) is 5.56 Å². The van der Waals surface area contributed by atoms with Crippen LogP contribution in [0.5, 0.6) is 0 Å². The van der Waals surface area contributed by atoms with Crippen LogP contribution in [0.25, 0.3) is 0 Å². The van der Waals surface area contributed by atoms with Gasteiger partial charge >= 0.3 is 0 Å². The molecule has 1 aromatic rings. The molecule has 0 bridgehead atoms. The summed E-state index contributed by atoms with van der Waals surface area (Å²) in [6.07, 6.45) is 1.65. The fraction of sp³-hybridized carbons (Fsp3) is 0.636.